The fraction of sp³-hybridized carbons (Fsp3) is 0.125. The van der Waals surface area contributed by atoms with E-state index in [9.17, 15) is 0 Å². The second kappa shape index (κ2) is 7.42. The molecule has 1 rings (SSSR count). The maximum absolute atomic E-state index is 8.74. The number of nitrogens with one attached hydrogen (secondary N) is 2. The number of halogens is 1. The van der Waals surface area contributed by atoms with Gasteiger partial charge in [-0.25, -0.2) is 0 Å². The molecule has 0 atom stereocenters. The molecule has 1 aromatic rings. The summed E-state index contributed by atoms with van der Waals surface area (Å²) in [4.78, 5) is 0. The van der Waals surface area contributed by atoms with E-state index in [4.69, 9.17) is 28.7 Å². The first kappa shape index (κ1) is 16.1. The summed E-state index contributed by atoms with van der Waals surface area (Å²) in [7, 11) is -4.67. The molecule has 0 aliphatic heterocycles. The van der Waals surface area contributed by atoms with Gasteiger partial charge in [-0.15, -0.1) is 0 Å². The summed E-state index contributed by atoms with van der Waals surface area (Å²) in [5.41, 5.74) is 6.32. The van der Waals surface area contributed by atoms with Crippen LogP contribution in [0.15, 0.2) is 24.3 Å². The van der Waals surface area contributed by atoms with Crippen molar-refractivity contribution in [3.63, 3.8) is 0 Å². The molecule has 0 heterocycles. The molecule has 0 bridgehead atoms. The summed E-state index contributed by atoms with van der Waals surface area (Å²) >= 11 is 2.26. The maximum Gasteiger partial charge on any atom is 0.394 e. The first-order chi connectivity index (χ1) is 7.70. The van der Waals surface area contributed by atoms with Crippen LogP contribution in [-0.4, -0.2) is 23.5 Å². The van der Waals surface area contributed by atoms with Crippen molar-refractivity contribution in [2.24, 2.45) is 5.73 Å². The summed E-state index contributed by atoms with van der Waals surface area (Å²) < 4.78 is 32.8. The number of guanidine groups is 1. The summed E-state index contributed by atoms with van der Waals surface area (Å²) in [6.07, 6.45) is 0. The van der Waals surface area contributed by atoms with Crippen molar-refractivity contribution >= 4 is 38.9 Å². The van der Waals surface area contributed by atoms with Gasteiger partial charge in [0.05, 0.1) is 0 Å². The molecule has 0 spiro atoms. The van der Waals surface area contributed by atoms with Crippen LogP contribution >= 0.6 is 22.6 Å². The summed E-state index contributed by atoms with van der Waals surface area (Å²) in [6.45, 7) is 0.619. The number of hydrogen-bond donors (Lipinski definition) is 5. The van der Waals surface area contributed by atoms with E-state index in [1.165, 1.54) is 3.57 Å². The molecule has 7 nitrogen and oxygen atoms in total. The fourth-order valence-electron chi connectivity index (χ4n) is 0.832. The first-order valence-electron chi connectivity index (χ1n) is 4.21. The van der Waals surface area contributed by atoms with Crippen molar-refractivity contribution in [3.8, 4) is 0 Å². The van der Waals surface area contributed by atoms with E-state index in [1.807, 2.05) is 24.3 Å². The highest BCUT2D eigenvalue weighted by Gasteiger charge is 1.96. The molecule has 0 aliphatic carbocycles. The van der Waals surface area contributed by atoms with Crippen LogP contribution in [0.5, 0.6) is 0 Å². The Morgan fingerprint density at radius 1 is 1.41 bits per heavy atom. The van der Waals surface area contributed by atoms with Crippen molar-refractivity contribution in [1.82, 2.24) is 5.32 Å². The maximum atomic E-state index is 8.74. The Kier molecular flexibility index (Phi) is 7.03. The van der Waals surface area contributed by atoms with Crippen molar-refractivity contribution in [2.75, 3.05) is 0 Å². The van der Waals surface area contributed by atoms with Gasteiger partial charge >= 0.3 is 10.4 Å². The Morgan fingerprint density at radius 2 is 1.88 bits per heavy atom. The third-order valence-corrected chi connectivity index (χ3v) is 2.48. The minimum atomic E-state index is -4.67. The number of nitrogens with two attached hydrogens (primary N) is 1. The zero-order valence-corrected chi connectivity index (χ0v) is 11.6. The third kappa shape index (κ3) is 11.4. The van der Waals surface area contributed by atoms with Crippen LogP contribution in [0.25, 0.3) is 0 Å². The zero-order chi connectivity index (χ0) is 13.5. The smallest absolute Gasteiger partial charge is 0.370 e. The Labute approximate surface area is 113 Å². The Balaban J connectivity index is 0.000000437. The van der Waals surface area contributed by atoms with Gasteiger partial charge in [-0.1, -0.05) is 18.2 Å². The Morgan fingerprint density at radius 3 is 2.29 bits per heavy atom. The van der Waals surface area contributed by atoms with Crippen LogP contribution in [-0.2, 0) is 16.9 Å². The van der Waals surface area contributed by atoms with Crippen LogP contribution in [0.4, 0.5) is 0 Å². The van der Waals surface area contributed by atoms with Gasteiger partial charge in [0.25, 0.3) is 0 Å². The lowest BCUT2D eigenvalue weighted by Crippen LogP contribution is -2.29. The van der Waals surface area contributed by atoms with Crippen molar-refractivity contribution in [1.29, 1.82) is 5.41 Å². The van der Waals surface area contributed by atoms with Crippen molar-refractivity contribution < 1.29 is 17.5 Å². The Bertz CT molecular complexity index is 469. The monoisotopic (exact) mass is 373 g/mol. The molecule has 17 heavy (non-hydrogen) atoms. The van der Waals surface area contributed by atoms with Crippen LogP contribution in [0.2, 0.25) is 0 Å². The van der Waals surface area contributed by atoms with E-state index in [2.05, 4.69) is 27.9 Å². The van der Waals surface area contributed by atoms with Crippen LogP contribution in [0.3, 0.4) is 0 Å². The molecule has 1 aromatic carbocycles. The number of benzene rings is 1. The molecule has 0 saturated heterocycles. The molecule has 0 saturated carbocycles. The molecule has 0 aromatic heterocycles. The third-order valence-electron chi connectivity index (χ3n) is 1.43. The molecule has 0 unspecified atom stereocenters. The van der Waals surface area contributed by atoms with Gasteiger partial charge in [-0.05, 0) is 34.2 Å². The summed E-state index contributed by atoms with van der Waals surface area (Å²) in [5.74, 6) is 0.00894. The standard InChI is InChI=1S/C8H10IN3.H2O4S/c9-7-4-2-1-3-6(7)5-12-8(10)11;1-5(2,3)4/h1-4H,5H2,(H4,10,11,12);(H2,1,2,3,4). The van der Waals surface area contributed by atoms with E-state index in [-0.39, 0.29) is 5.96 Å². The molecule has 6 N–H and O–H groups in total. The van der Waals surface area contributed by atoms with Gasteiger partial charge in [-0.3, -0.25) is 14.5 Å². The molecule has 0 radical (unpaired) electrons. The van der Waals surface area contributed by atoms with Gasteiger partial charge in [0.1, 0.15) is 0 Å². The van der Waals surface area contributed by atoms with E-state index in [0.29, 0.717) is 6.54 Å². The quantitative estimate of drug-likeness (QED) is 0.223. The normalized spacial score (nSPS) is 10.1. The van der Waals surface area contributed by atoms with Gasteiger partial charge in [0.2, 0.25) is 0 Å². The fourth-order valence-corrected chi connectivity index (χ4v) is 1.41. The molecule has 0 amide bonds. The van der Waals surface area contributed by atoms with E-state index in [0.717, 1.165) is 5.56 Å². The average molecular weight is 373 g/mol. The lowest BCUT2D eigenvalue weighted by molar-refractivity contribution is 0.381. The predicted octanol–water partition coefficient (Wildman–Crippen LogP) is 0.621. The van der Waals surface area contributed by atoms with Crippen molar-refractivity contribution in [3.05, 3.63) is 33.4 Å². The van der Waals surface area contributed by atoms with Gasteiger partial charge in [-0.2, -0.15) is 8.42 Å². The predicted molar refractivity (Wildman–Crippen MR) is 72.1 cm³/mol. The van der Waals surface area contributed by atoms with Crippen molar-refractivity contribution in [2.45, 2.75) is 6.54 Å². The van der Waals surface area contributed by atoms with Gasteiger partial charge in [0.15, 0.2) is 5.96 Å². The summed E-state index contributed by atoms with van der Waals surface area (Å²) in [5, 5.41) is 9.74. The van der Waals surface area contributed by atoms with Gasteiger partial charge in [0, 0.05) is 10.1 Å². The largest absolute Gasteiger partial charge is 0.394 e. The van der Waals surface area contributed by atoms with E-state index < -0.39 is 10.4 Å². The second-order valence-corrected chi connectivity index (χ2v) is 4.86. The lowest BCUT2D eigenvalue weighted by atomic mass is 10.2. The lowest BCUT2D eigenvalue weighted by Gasteiger charge is -2.05. The zero-order valence-electron chi connectivity index (χ0n) is 8.59. The molecular formula is C8H12IN3O4S. The highest BCUT2D eigenvalue weighted by molar-refractivity contribution is 14.1. The van der Waals surface area contributed by atoms with Crippen LogP contribution < -0.4 is 11.1 Å². The topological polar surface area (TPSA) is 136 Å². The number of rotatable bonds is 2. The average Bonchev–Trinajstić information content (AvgIpc) is 2.13. The van der Waals surface area contributed by atoms with E-state index in [1.54, 1.807) is 0 Å². The molecular weight excluding hydrogens is 361 g/mol. The van der Waals surface area contributed by atoms with Crippen LogP contribution in [0.1, 0.15) is 5.56 Å². The minimum Gasteiger partial charge on any atom is -0.370 e. The molecule has 0 aliphatic rings. The highest BCUT2D eigenvalue weighted by Crippen LogP contribution is 2.10. The second-order valence-electron chi connectivity index (χ2n) is 2.81. The number of hydrogen-bond acceptors (Lipinski definition) is 3. The SMILES string of the molecule is N=C(N)NCc1ccccc1I.O=S(=O)(O)O. The summed E-state index contributed by atoms with van der Waals surface area (Å²) in [6, 6.07) is 7.99. The van der Waals surface area contributed by atoms with Gasteiger partial charge < -0.3 is 11.1 Å². The van der Waals surface area contributed by atoms with Crippen LogP contribution in [0, 0.1) is 8.98 Å². The molecule has 0 fully saturated rings. The molecule has 96 valence electrons. The minimum absolute atomic E-state index is 0.00894. The first-order valence-corrected chi connectivity index (χ1v) is 6.69. The Hall–Kier alpha value is -0.910. The highest BCUT2D eigenvalue weighted by atomic mass is 127. The van der Waals surface area contributed by atoms with E-state index >= 15 is 0 Å². The molecule has 9 heteroatoms.